The molecule has 2 heterocycles. The van der Waals surface area contributed by atoms with Crippen LogP contribution in [0.15, 0.2) is 0 Å². The minimum Gasteiger partial charge on any atom is -0.355 e. The van der Waals surface area contributed by atoms with Crippen molar-refractivity contribution in [3.63, 3.8) is 0 Å². The van der Waals surface area contributed by atoms with Crippen molar-refractivity contribution in [2.75, 3.05) is 32.7 Å². The van der Waals surface area contributed by atoms with Crippen LogP contribution in [0.3, 0.4) is 0 Å². The molecule has 2 aliphatic heterocycles. The lowest BCUT2D eigenvalue weighted by atomic mass is 9.99. The molecule has 0 spiro atoms. The molecule has 120 valence electrons. The molecule has 0 bridgehead atoms. The van der Waals surface area contributed by atoms with Crippen molar-refractivity contribution in [3.8, 4) is 0 Å². The molecule has 0 aromatic heterocycles. The predicted octanol–water partition coefficient (Wildman–Crippen LogP) is 0.513. The highest BCUT2D eigenvalue weighted by atomic mass is 19.4. The Bertz CT molecular complexity index is 395. The lowest BCUT2D eigenvalue weighted by Gasteiger charge is -2.23. The van der Waals surface area contributed by atoms with Crippen LogP contribution in [0.5, 0.6) is 0 Å². The zero-order valence-electron chi connectivity index (χ0n) is 11.7. The Hall–Kier alpha value is -1.31. The van der Waals surface area contributed by atoms with Crippen molar-refractivity contribution >= 4 is 11.8 Å². The molecule has 5 nitrogen and oxygen atoms in total. The molecule has 2 aliphatic rings. The summed E-state index contributed by atoms with van der Waals surface area (Å²) < 4.78 is 36.9. The lowest BCUT2D eigenvalue weighted by Crippen LogP contribution is -2.41. The van der Waals surface area contributed by atoms with E-state index in [2.05, 4.69) is 10.6 Å². The van der Waals surface area contributed by atoms with Gasteiger partial charge in [-0.3, -0.25) is 9.59 Å². The normalized spacial score (nSPS) is 27.0. The van der Waals surface area contributed by atoms with Gasteiger partial charge in [-0.05, 0) is 31.8 Å². The molecule has 0 radical (unpaired) electrons. The first kappa shape index (κ1) is 16.1. The smallest absolute Gasteiger partial charge is 0.355 e. The van der Waals surface area contributed by atoms with Crippen LogP contribution >= 0.6 is 0 Å². The van der Waals surface area contributed by atoms with E-state index in [0.29, 0.717) is 17.4 Å². The molecule has 2 saturated heterocycles. The summed E-state index contributed by atoms with van der Waals surface area (Å²) in [6.45, 7) is 0.906. The maximum atomic E-state index is 12.3. The van der Waals surface area contributed by atoms with Gasteiger partial charge in [0.1, 0.15) is 6.54 Å². The maximum Gasteiger partial charge on any atom is 0.406 e. The molecule has 2 unspecified atom stereocenters. The summed E-state index contributed by atoms with van der Waals surface area (Å²) in [6, 6.07) is 0. The molecular formula is C13H20F3N3O2. The van der Waals surface area contributed by atoms with E-state index in [1.807, 2.05) is 0 Å². The maximum absolute atomic E-state index is 12.3. The average Bonchev–Trinajstić information content (AvgIpc) is 2.77. The van der Waals surface area contributed by atoms with Gasteiger partial charge < -0.3 is 15.5 Å². The molecule has 2 atom stereocenters. The third-order valence-corrected chi connectivity index (χ3v) is 3.92. The Labute approximate surface area is 121 Å². The minimum atomic E-state index is -4.42. The summed E-state index contributed by atoms with van der Waals surface area (Å²) in [5.74, 6) is -1.24. The molecule has 2 N–H and O–H groups in total. The summed E-state index contributed by atoms with van der Waals surface area (Å²) in [6.07, 6.45) is -2.47. The van der Waals surface area contributed by atoms with Gasteiger partial charge in [-0.2, -0.15) is 13.2 Å². The van der Waals surface area contributed by atoms with Crippen LogP contribution in [0.1, 0.15) is 19.3 Å². The predicted molar refractivity (Wildman–Crippen MR) is 69.3 cm³/mol. The number of halogens is 3. The number of hydrogen-bond acceptors (Lipinski definition) is 3. The Morgan fingerprint density at radius 1 is 1.43 bits per heavy atom. The van der Waals surface area contributed by atoms with Crippen molar-refractivity contribution in [2.24, 2.45) is 11.8 Å². The van der Waals surface area contributed by atoms with Gasteiger partial charge in [-0.1, -0.05) is 0 Å². The standard InChI is InChI=1S/C13H20F3N3O2/c14-13(15,16)8-19-7-10(4-11(19)20)12(21)18-6-9-2-1-3-17-5-9/h9-10,17H,1-8H2,(H,18,21). The van der Waals surface area contributed by atoms with Crippen molar-refractivity contribution in [1.29, 1.82) is 0 Å². The second kappa shape index (κ2) is 6.64. The van der Waals surface area contributed by atoms with Crippen LogP contribution in [0, 0.1) is 11.8 Å². The molecule has 0 aliphatic carbocycles. The van der Waals surface area contributed by atoms with E-state index < -0.39 is 24.5 Å². The molecule has 2 amide bonds. The molecular weight excluding hydrogens is 287 g/mol. The Morgan fingerprint density at radius 2 is 2.19 bits per heavy atom. The van der Waals surface area contributed by atoms with E-state index in [0.717, 1.165) is 25.9 Å². The van der Waals surface area contributed by atoms with Crippen molar-refractivity contribution in [2.45, 2.75) is 25.4 Å². The minimum absolute atomic E-state index is 0.134. The zero-order valence-corrected chi connectivity index (χ0v) is 11.7. The largest absolute Gasteiger partial charge is 0.406 e. The van der Waals surface area contributed by atoms with Gasteiger partial charge in [0.05, 0.1) is 5.92 Å². The van der Waals surface area contributed by atoms with Gasteiger partial charge in [-0.25, -0.2) is 0 Å². The first-order valence-corrected chi connectivity index (χ1v) is 7.18. The summed E-state index contributed by atoms with van der Waals surface area (Å²) in [5.41, 5.74) is 0. The number of rotatable bonds is 4. The number of piperidine rings is 1. The number of nitrogens with one attached hydrogen (secondary N) is 2. The summed E-state index contributed by atoms with van der Waals surface area (Å²) in [7, 11) is 0. The van der Waals surface area contributed by atoms with E-state index in [1.54, 1.807) is 0 Å². The molecule has 0 aromatic rings. The summed E-state index contributed by atoms with van der Waals surface area (Å²) >= 11 is 0. The van der Waals surface area contributed by atoms with Crippen LogP contribution in [-0.2, 0) is 9.59 Å². The Balaban J connectivity index is 1.77. The number of likely N-dealkylation sites (tertiary alicyclic amines) is 1. The lowest BCUT2D eigenvalue weighted by molar-refractivity contribution is -0.157. The van der Waals surface area contributed by atoms with Gasteiger partial charge in [0.2, 0.25) is 11.8 Å². The van der Waals surface area contributed by atoms with Crippen LogP contribution in [0.2, 0.25) is 0 Å². The number of carbonyl (C=O) groups excluding carboxylic acids is 2. The van der Waals surface area contributed by atoms with E-state index in [9.17, 15) is 22.8 Å². The monoisotopic (exact) mass is 307 g/mol. The number of hydrogen-bond donors (Lipinski definition) is 2. The topological polar surface area (TPSA) is 61.4 Å². The molecule has 2 fully saturated rings. The fraction of sp³-hybridized carbons (Fsp3) is 0.846. The number of nitrogens with zero attached hydrogens (tertiary/aromatic N) is 1. The zero-order chi connectivity index (χ0) is 15.5. The molecule has 8 heteroatoms. The number of amides is 2. The number of carbonyl (C=O) groups is 2. The average molecular weight is 307 g/mol. The Morgan fingerprint density at radius 3 is 2.81 bits per heavy atom. The highest BCUT2D eigenvalue weighted by Gasteiger charge is 2.40. The first-order valence-electron chi connectivity index (χ1n) is 7.18. The van der Waals surface area contributed by atoms with Gasteiger partial charge in [0, 0.05) is 19.5 Å². The highest BCUT2D eigenvalue weighted by molar-refractivity contribution is 5.89. The summed E-state index contributed by atoms with van der Waals surface area (Å²) in [5, 5.41) is 5.99. The SMILES string of the molecule is O=C(NCC1CCCNC1)C1CC(=O)N(CC(F)(F)F)C1. The third-order valence-electron chi connectivity index (χ3n) is 3.92. The summed E-state index contributed by atoms with van der Waals surface area (Å²) in [4.78, 5) is 24.2. The van der Waals surface area contributed by atoms with Crippen LogP contribution < -0.4 is 10.6 Å². The molecule has 0 aromatic carbocycles. The fourth-order valence-electron chi connectivity index (χ4n) is 2.80. The van der Waals surface area contributed by atoms with Gasteiger partial charge >= 0.3 is 6.18 Å². The Kier molecular flexibility index (Phi) is 5.08. The number of alkyl halides is 3. The van der Waals surface area contributed by atoms with Crippen molar-refractivity contribution in [3.05, 3.63) is 0 Å². The third kappa shape index (κ3) is 4.87. The molecule has 0 saturated carbocycles. The van der Waals surface area contributed by atoms with E-state index in [-0.39, 0.29) is 18.9 Å². The second-order valence-corrected chi connectivity index (χ2v) is 5.75. The quantitative estimate of drug-likeness (QED) is 0.796. The fourth-order valence-corrected chi connectivity index (χ4v) is 2.80. The van der Waals surface area contributed by atoms with Gasteiger partial charge in [0.15, 0.2) is 0 Å². The van der Waals surface area contributed by atoms with Gasteiger partial charge in [0.25, 0.3) is 0 Å². The van der Waals surface area contributed by atoms with E-state index in [4.69, 9.17) is 0 Å². The van der Waals surface area contributed by atoms with Gasteiger partial charge in [-0.15, -0.1) is 0 Å². The van der Waals surface area contributed by atoms with Crippen molar-refractivity contribution < 1.29 is 22.8 Å². The molecule has 21 heavy (non-hydrogen) atoms. The first-order chi connectivity index (χ1) is 9.85. The van der Waals surface area contributed by atoms with Crippen LogP contribution in [0.4, 0.5) is 13.2 Å². The van der Waals surface area contributed by atoms with Crippen LogP contribution in [-0.4, -0.2) is 55.6 Å². The molecule has 2 rings (SSSR count). The van der Waals surface area contributed by atoms with E-state index in [1.165, 1.54) is 0 Å². The van der Waals surface area contributed by atoms with Crippen molar-refractivity contribution in [1.82, 2.24) is 15.5 Å². The van der Waals surface area contributed by atoms with E-state index >= 15 is 0 Å². The second-order valence-electron chi connectivity index (χ2n) is 5.75. The van der Waals surface area contributed by atoms with Crippen LogP contribution in [0.25, 0.3) is 0 Å². The highest BCUT2D eigenvalue weighted by Crippen LogP contribution is 2.24.